The molecule has 126 valence electrons. The molecule has 0 radical (unpaired) electrons. The molecule has 0 aliphatic carbocycles. The monoisotopic (exact) mass is 318 g/mol. The molecule has 0 atom stereocenters. The Bertz CT molecular complexity index is 397. The van der Waals surface area contributed by atoms with Crippen LogP contribution in [0.25, 0.3) is 0 Å². The average Bonchev–Trinajstić information content (AvgIpc) is 2.35. The van der Waals surface area contributed by atoms with Crippen molar-refractivity contribution in [2.45, 2.75) is 39.8 Å². The van der Waals surface area contributed by atoms with Gasteiger partial charge >= 0.3 is 6.18 Å². The van der Waals surface area contributed by atoms with E-state index in [4.69, 9.17) is 6.42 Å². The molecule has 1 rings (SSSR count). The maximum Gasteiger partial charge on any atom is 0.406 e. The van der Waals surface area contributed by atoms with Gasteiger partial charge in [0.05, 0.1) is 6.54 Å². The predicted molar refractivity (Wildman–Crippen MR) is 80.1 cm³/mol. The highest BCUT2D eigenvalue weighted by molar-refractivity contribution is 5.79. The zero-order valence-corrected chi connectivity index (χ0v) is 13.5. The molecule has 1 amide bonds. The van der Waals surface area contributed by atoms with Crippen LogP contribution in [0.2, 0.25) is 0 Å². The van der Waals surface area contributed by atoms with Crippen molar-refractivity contribution in [2.75, 3.05) is 32.7 Å². The second kappa shape index (κ2) is 7.36. The third-order valence-electron chi connectivity index (χ3n) is 3.60. The van der Waals surface area contributed by atoms with Gasteiger partial charge in [0.25, 0.3) is 0 Å². The van der Waals surface area contributed by atoms with Gasteiger partial charge in [0, 0.05) is 12.5 Å². The molecule has 1 saturated heterocycles. The number of likely N-dealkylation sites (tertiary alicyclic amines) is 1. The summed E-state index contributed by atoms with van der Waals surface area (Å²) >= 11 is 0. The van der Waals surface area contributed by atoms with Gasteiger partial charge in [0.2, 0.25) is 5.91 Å². The standard InChI is InChI=1S/C16H25F3N2O/c1-5-8-20-9-6-13(7-10-20)14(22)21(11-15(2,3)4)12-16(17,18)19/h1,13H,6-12H2,2-4H3. The highest BCUT2D eigenvalue weighted by atomic mass is 19.4. The van der Waals surface area contributed by atoms with E-state index in [1.54, 1.807) is 0 Å². The normalized spacial score (nSPS) is 18.0. The molecule has 0 aromatic carbocycles. The van der Waals surface area contributed by atoms with E-state index in [0.29, 0.717) is 32.5 Å². The van der Waals surface area contributed by atoms with Gasteiger partial charge in [0.15, 0.2) is 0 Å². The first-order valence-electron chi connectivity index (χ1n) is 7.53. The molecule has 1 aliphatic heterocycles. The molecule has 0 unspecified atom stereocenters. The lowest BCUT2D eigenvalue weighted by molar-refractivity contribution is -0.167. The molecule has 0 N–H and O–H groups in total. The molecular formula is C16H25F3N2O. The van der Waals surface area contributed by atoms with Crippen molar-refractivity contribution >= 4 is 5.91 Å². The third-order valence-corrected chi connectivity index (χ3v) is 3.60. The fourth-order valence-electron chi connectivity index (χ4n) is 2.73. The molecule has 1 heterocycles. The van der Waals surface area contributed by atoms with E-state index in [0.717, 1.165) is 4.90 Å². The van der Waals surface area contributed by atoms with Gasteiger partial charge in [-0.2, -0.15) is 13.2 Å². The van der Waals surface area contributed by atoms with E-state index >= 15 is 0 Å². The van der Waals surface area contributed by atoms with Crippen LogP contribution in [-0.2, 0) is 4.79 Å². The van der Waals surface area contributed by atoms with E-state index in [1.807, 2.05) is 25.7 Å². The number of carbonyl (C=O) groups excluding carboxylic acids is 1. The number of nitrogens with zero attached hydrogens (tertiary/aromatic N) is 2. The van der Waals surface area contributed by atoms with Crippen LogP contribution in [0.3, 0.4) is 0 Å². The highest BCUT2D eigenvalue weighted by Crippen LogP contribution is 2.26. The fourth-order valence-corrected chi connectivity index (χ4v) is 2.73. The van der Waals surface area contributed by atoms with Gasteiger partial charge in [-0.25, -0.2) is 0 Å². The van der Waals surface area contributed by atoms with Gasteiger partial charge in [-0.1, -0.05) is 26.7 Å². The minimum Gasteiger partial charge on any atom is -0.333 e. The minimum absolute atomic E-state index is 0.107. The van der Waals surface area contributed by atoms with Crippen molar-refractivity contribution in [2.24, 2.45) is 11.3 Å². The third kappa shape index (κ3) is 6.69. The number of terminal acetylenes is 1. The Morgan fingerprint density at radius 2 is 1.77 bits per heavy atom. The number of amides is 1. The van der Waals surface area contributed by atoms with Gasteiger partial charge in [0.1, 0.15) is 6.54 Å². The number of hydrogen-bond donors (Lipinski definition) is 0. The molecule has 22 heavy (non-hydrogen) atoms. The summed E-state index contributed by atoms with van der Waals surface area (Å²) in [6.45, 7) is 6.28. The Morgan fingerprint density at radius 1 is 1.23 bits per heavy atom. The van der Waals surface area contributed by atoms with Crippen molar-refractivity contribution in [1.82, 2.24) is 9.80 Å². The molecule has 1 fully saturated rings. The smallest absolute Gasteiger partial charge is 0.333 e. The molecule has 6 heteroatoms. The van der Waals surface area contributed by atoms with Crippen molar-refractivity contribution in [1.29, 1.82) is 0 Å². The predicted octanol–water partition coefficient (Wildman–Crippen LogP) is 2.77. The quantitative estimate of drug-likeness (QED) is 0.744. The van der Waals surface area contributed by atoms with Crippen molar-refractivity contribution in [3.8, 4) is 12.3 Å². The maximum absolute atomic E-state index is 12.7. The lowest BCUT2D eigenvalue weighted by Gasteiger charge is -2.36. The lowest BCUT2D eigenvalue weighted by atomic mass is 9.92. The van der Waals surface area contributed by atoms with Crippen molar-refractivity contribution in [3.05, 3.63) is 0 Å². The van der Waals surface area contributed by atoms with Crippen LogP contribution in [0.15, 0.2) is 0 Å². The molecule has 0 aromatic heterocycles. The van der Waals surface area contributed by atoms with Crippen LogP contribution < -0.4 is 0 Å². The Labute approximate surface area is 130 Å². The Balaban J connectivity index is 2.70. The maximum atomic E-state index is 12.7. The first kappa shape index (κ1) is 18.8. The summed E-state index contributed by atoms with van der Waals surface area (Å²) in [5.41, 5.74) is -0.370. The van der Waals surface area contributed by atoms with E-state index in [-0.39, 0.29) is 23.8 Å². The van der Waals surface area contributed by atoms with Crippen LogP contribution in [0.4, 0.5) is 13.2 Å². The lowest BCUT2D eigenvalue weighted by Crippen LogP contribution is -2.48. The topological polar surface area (TPSA) is 23.6 Å². The summed E-state index contributed by atoms with van der Waals surface area (Å²) in [7, 11) is 0. The van der Waals surface area contributed by atoms with E-state index in [2.05, 4.69) is 5.92 Å². The molecular weight excluding hydrogens is 293 g/mol. The average molecular weight is 318 g/mol. The summed E-state index contributed by atoms with van der Waals surface area (Å²) < 4.78 is 38.2. The Morgan fingerprint density at radius 3 is 2.18 bits per heavy atom. The first-order chi connectivity index (χ1) is 10.0. The second-order valence-corrected chi connectivity index (χ2v) is 7.12. The van der Waals surface area contributed by atoms with Crippen LogP contribution in [-0.4, -0.2) is 54.6 Å². The number of carbonyl (C=O) groups is 1. The highest BCUT2D eigenvalue weighted by Gasteiger charge is 2.37. The summed E-state index contributed by atoms with van der Waals surface area (Å²) in [4.78, 5) is 15.5. The Kier molecular flexibility index (Phi) is 6.30. The van der Waals surface area contributed by atoms with Crippen LogP contribution in [0.5, 0.6) is 0 Å². The van der Waals surface area contributed by atoms with Gasteiger partial charge in [-0.15, -0.1) is 6.42 Å². The number of piperidine rings is 1. The first-order valence-corrected chi connectivity index (χ1v) is 7.53. The molecule has 0 spiro atoms. The number of halogens is 3. The van der Waals surface area contributed by atoms with E-state index in [9.17, 15) is 18.0 Å². The van der Waals surface area contributed by atoms with Crippen LogP contribution in [0, 0.1) is 23.7 Å². The van der Waals surface area contributed by atoms with E-state index < -0.39 is 12.7 Å². The summed E-state index contributed by atoms with van der Waals surface area (Å²) in [6, 6.07) is 0. The van der Waals surface area contributed by atoms with Gasteiger partial charge < -0.3 is 4.90 Å². The van der Waals surface area contributed by atoms with Crippen LogP contribution >= 0.6 is 0 Å². The number of alkyl halides is 3. The van der Waals surface area contributed by atoms with Gasteiger partial charge in [-0.3, -0.25) is 9.69 Å². The Hall–Kier alpha value is -1.22. The van der Waals surface area contributed by atoms with Crippen LogP contribution in [0.1, 0.15) is 33.6 Å². The van der Waals surface area contributed by atoms with Crippen molar-refractivity contribution in [3.63, 3.8) is 0 Å². The summed E-state index contributed by atoms with van der Waals surface area (Å²) in [5, 5.41) is 0. The number of rotatable bonds is 4. The molecule has 3 nitrogen and oxygen atoms in total. The minimum atomic E-state index is -4.37. The van der Waals surface area contributed by atoms with Crippen molar-refractivity contribution < 1.29 is 18.0 Å². The molecule has 0 aromatic rings. The van der Waals surface area contributed by atoms with Gasteiger partial charge in [-0.05, 0) is 31.3 Å². The van der Waals surface area contributed by atoms with E-state index in [1.165, 1.54) is 0 Å². The molecule has 0 saturated carbocycles. The molecule has 1 aliphatic rings. The summed E-state index contributed by atoms with van der Waals surface area (Å²) in [5.74, 6) is 1.83. The second-order valence-electron chi connectivity index (χ2n) is 7.12. The molecule has 0 bridgehead atoms. The number of hydrogen-bond acceptors (Lipinski definition) is 2. The fraction of sp³-hybridized carbons (Fsp3) is 0.812. The zero-order chi connectivity index (χ0) is 17.0. The SMILES string of the molecule is C#CCN1CCC(C(=O)N(CC(C)(C)C)CC(F)(F)F)CC1. The summed E-state index contributed by atoms with van der Waals surface area (Å²) in [6.07, 6.45) is 2.02. The largest absolute Gasteiger partial charge is 0.406 e. The zero-order valence-electron chi connectivity index (χ0n) is 13.5.